The van der Waals surface area contributed by atoms with Gasteiger partial charge in [0.1, 0.15) is 5.82 Å². The van der Waals surface area contributed by atoms with E-state index in [1.165, 1.54) is 23.5 Å². The summed E-state index contributed by atoms with van der Waals surface area (Å²) < 4.78 is 54.2. The Morgan fingerprint density at radius 3 is 2.33 bits per heavy atom. The molecule has 0 fully saturated rings. The van der Waals surface area contributed by atoms with Gasteiger partial charge in [-0.3, -0.25) is 0 Å². The van der Waals surface area contributed by atoms with E-state index in [9.17, 15) is 17.6 Å². The highest BCUT2D eigenvalue weighted by atomic mass is 79.9. The van der Waals surface area contributed by atoms with Crippen LogP contribution in [-0.2, 0) is 6.18 Å². The van der Waals surface area contributed by atoms with Crippen molar-refractivity contribution in [3.8, 4) is 0 Å². The number of rotatable bonds is 3. The molecule has 1 nitrogen and oxygen atoms in total. The molecule has 1 N–H and O–H groups in total. The van der Waals surface area contributed by atoms with Gasteiger partial charge in [0.25, 0.3) is 0 Å². The van der Waals surface area contributed by atoms with Crippen molar-refractivity contribution < 1.29 is 17.6 Å². The zero-order chi connectivity index (χ0) is 15.8. The Labute approximate surface area is 139 Å². The van der Waals surface area contributed by atoms with Crippen LogP contribution in [0, 0.1) is 5.82 Å². The lowest BCUT2D eigenvalue weighted by Crippen LogP contribution is -2.20. The first-order chi connectivity index (χ1) is 9.75. The van der Waals surface area contributed by atoms with Gasteiger partial charge in [0.2, 0.25) is 0 Å². The molecule has 0 spiro atoms. The van der Waals surface area contributed by atoms with Crippen LogP contribution >= 0.6 is 43.2 Å². The molecule has 0 amide bonds. The van der Waals surface area contributed by atoms with Gasteiger partial charge in [-0.15, -0.1) is 11.3 Å². The minimum Gasteiger partial charge on any atom is -0.309 e. The van der Waals surface area contributed by atoms with E-state index in [0.29, 0.717) is 5.56 Å². The first kappa shape index (κ1) is 16.9. The Kier molecular flexibility index (Phi) is 5.12. The number of thiophene rings is 1. The lowest BCUT2D eigenvalue weighted by atomic mass is 9.98. The van der Waals surface area contributed by atoms with E-state index in [0.717, 1.165) is 13.6 Å². The molecule has 1 heterocycles. The third-order valence-corrected chi connectivity index (χ3v) is 5.31. The second kappa shape index (κ2) is 6.36. The summed E-state index contributed by atoms with van der Waals surface area (Å²) in [5.41, 5.74) is -0.628. The van der Waals surface area contributed by atoms with Crippen LogP contribution < -0.4 is 5.32 Å². The maximum absolute atomic E-state index is 14.2. The summed E-state index contributed by atoms with van der Waals surface area (Å²) >= 11 is 8.02. The molecule has 0 radical (unpaired) electrons. The van der Waals surface area contributed by atoms with Gasteiger partial charge in [-0.25, -0.2) is 4.39 Å². The van der Waals surface area contributed by atoms with Crippen molar-refractivity contribution in [2.24, 2.45) is 0 Å². The molecule has 2 rings (SSSR count). The van der Waals surface area contributed by atoms with Crippen molar-refractivity contribution in [3.05, 3.63) is 54.3 Å². The Morgan fingerprint density at radius 1 is 1.19 bits per heavy atom. The second-order valence-electron chi connectivity index (χ2n) is 4.21. The van der Waals surface area contributed by atoms with Crippen molar-refractivity contribution in [3.63, 3.8) is 0 Å². The van der Waals surface area contributed by atoms with Gasteiger partial charge in [-0.2, -0.15) is 13.2 Å². The molecule has 0 saturated carbocycles. The molecule has 114 valence electrons. The van der Waals surface area contributed by atoms with Gasteiger partial charge >= 0.3 is 6.18 Å². The highest BCUT2D eigenvalue weighted by Crippen LogP contribution is 2.40. The Hall–Kier alpha value is -0.440. The van der Waals surface area contributed by atoms with Gasteiger partial charge in [-0.1, -0.05) is 12.1 Å². The van der Waals surface area contributed by atoms with Crippen molar-refractivity contribution in [1.29, 1.82) is 0 Å². The average molecular weight is 447 g/mol. The van der Waals surface area contributed by atoms with Gasteiger partial charge < -0.3 is 5.32 Å². The van der Waals surface area contributed by atoms with Crippen molar-refractivity contribution in [2.45, 2.75) is 12.2 Å². The van der Waals surface area contributed by atoms with Crippen LogP contribution in [0.15, 0.2) is 31.8 Å². The molecule has 0 saturated heterocycles. The molecule has 0 bridgehead atoms. The molecule has 1 aromatic carbocycles. The molecule has 1 aromatic heterocycles. The van der Waals surface area contributed by atoms with Crippen LogP contribution in [0.25, 0.3) is 0 Å². The molecule has 8 heteroatoms. The third kappa shape index (κ3) is 3.49. The van der Waals surface area contributed by atoms with Crippen molar-refractivity contribution in [1.82, 2.24) is 5.32 Å². The summed E-state index contributed by atoms with van der Waals surface area (Å²) in [6.45, 7) is 0. The van der Waals surface area contributed by atoms with Crippen LogP contribution in [0.4, 0.5) is 17.6 Å². The van der Waals surface area contributed by atoms with E-state index in [-0.39, 0.29) is 5.56 Å². The summed E-state index contributed by atoms with van der Waals surface area (Å²) in [5.74, 6) is -1.25. The zero-order valence-electron chi connectivity index (χ0n) is 10.6. The van der Waals surface area contributed by atoms with Crippen LogP contribution in [0.5, 0.6) is 0 Å². The van der Waals surface area contributed by atoms with Crippen LogP contribution in [-0.4, -0.2) is 7.05 Å². The third-order valence-electron chi connectivity index (χ3n) is 2.93. The van der Waals surface area contributed by atoms with Crippen LogP contribution in [0.3, 0.4) is 0 Å². The Morgan fingerprint density at radius 2 is 1.86 bits per heavy atom. The maximum atomic E-state index is 14.2. The molecule has 1 atom stereocenters. The molecular weight excluding hydrogens is 438 g/mol. The van der Waals surface area contributed by atoms with E-state index >= 15 is 0 Å². The lowest BCUT2D eigenvalue weighted by molar-refractivity contribution is -0.140. The SMILES string of the molecule is CNC(c1cc(Br)sc1Br)c1cccc(C(F)(F)F)c1F. The van der Waals surface area contributed by atoms with Gasteiger partial charge in [0.15, 0.2) is 0 Å². The van der Waals surface area contributed by atoms with Crippen molar-refractivity contribution >= 4 is 43.2 Å². The number of alkyl halides is 3. The first-order valence-corrected chi connectivity index (χ1v) is 8.13. The summed E-state index contributed by atoms with van der Waals surface area (Å²) in [6, 6.07) is 4.37. The van der Waals surface area contributed by atoms with E-state index in [1.807, 2.05) is 0 Å². The Balaban J connectivity index is 2.56. The monoisotopic (exact) mass is 445 g/mol. The predicted molar refractivity (Wildman–Crippen MR) is 82.0 cm³/mol. The minimum absolute atomic E-state index is 0.0432. The first-order valence-electron chi connectivity index (χ1n) is 5.73. The normalized spacial score (nSPS) is 13.5. The van der Waals surface area contributed by atoms with Gasteiger partial charge in [0.05, 0.1) is 19.2 Å². The fourth-order valence-electron chi connectivity index (χ4n) is 2.02. The molecule has 0 aliphatic heterocycles. The summed E-state index contributed by atoms with van der Waals surface area (Å²) in [7, 11) is 1.57. The standard InChI is InChI=1S/C13H9Br2F4NS/c1-20-11(7-5-9(14)21-12(7)15)6-3-2-4-8(10(6)16)13(17,18)19/h2-5,11,20H,1H3. The number of benzene rings is 1. The summed E-state index contributed by atoms with van der Waals surface area (Å²) in [5, 5.41) is 2.86. The Bertz CT molecular complexity index is 654. The predicted octanol–water partition coefficient (Wildman–Crippen LogP) is 5.74. The average Bonchev–Trinajstić information content (AvgIpc) is 2.70. The highest BCUT2D eigenvalue weighted by molar-refractivity contribution is 9.12. The fourth-order valence-corrected chi connectivity index (χ4v) is 4.92. The van der Waals surface area contributed by atoms with Gasteiger partial charge in [-0.05, 0) is 56.6 Å². The lowest BCUT2D eigenvalue weighted by Gasteiger charge is -2.19. The zero-order valence-corrected chi connectivity index (χ0v) is 14.6. The number of hydrogen-bond donors (Lipinski definition) is 1. The minimum atomic E-state index is -4.72. The largest absolute Gasteiger partial charge is 0.419 e. The molecule has 21 heavy (non-hydrogen) atoms. The summed E-state index contributed by atoms with van der Waals surface area (Å²) in [4.78, 5) is 0. The smallest absolute Gasteiger partial charge is 0.309 e. The van der Waals surface area contributed by atoms with E-state index in [4.69, 9.17) is 0 Å². The molecular formula is C13H9Br2F4NS. The van der Waals surface area contributed by atoms with E-state index < -0.39 is 23.6 Å². The quantitative estimate of drug-likeness (QED) is 0.593. The van der Waals surface area contributed by atoms with E-state index in [2.05, 4.69) is 37.2 Å². The van der Waals surface area contributed by atoms with Crippen molar-refractivity contribution in [2.75, 3.05) is 7.05 Å². The second-order valence-corrected chi connectivity index (χ2v) is 7.96. The molecule has 0 aliphatic carbocycles. The number of hydrogen-bond acceptors (Lipinski definition) is 2. The molecule has 1 unspecified atom stereocenters. The molecule has 0 aliphatic rings. The molecule has 2 aromatic rings. The van der Waals surface area contributed by atoms with Gasteiger partial charge in [0, 0.05) is 5.56 Å². The van der Waals surface area contributed by atoms with Crippen LogP contribution in [0.1, 0.15) is 22.7 Å². The summed E-state index contributed by atoms with van der Waals surface area (Å²) in [6.07, 6.45) is -4.72. The number of nitrogens with one attached hydrogen (secondary N) is 1. The fraction of sp³-hybridized carbons (Fsp3) is 0.231. The maximum Gasteiger partial charge on any atom is 0.419 e. The number of halogens is 6. The van der Waals surface area contributed by atoms with E-state index in [1.54, 1.807) is 13.1 Å². The van der Waals surface area contributed by atoms with Crippen LogP contribution in [0.2, 0.25) is 0 Å². The topological polar surface area (TPSA) is 12.0 Å². The highest BCUT2D eigenvalue weighted by Gasteiger charge is 2.36.